The average Bonchev–Trinajstić information content (AvgIpc) is 2.31. The highest BCUT2D eigenvalue weighted by Gasteiger charge is 2.19. The minimum Gasteiger partial charge on any atom is -0.393 e. The molecule has 2 rings (SSSR count). The first kappa shape index (κ1) is 12.1. The summed E-state index contributed by atoms with van der Waals surface area (Å²) in [6.07, 6.45) is 3.50. The number of hydrogen-bond acceptors (Lipinski definition) is 6. The number of nitrogen functional groups attached to an aromatic ring is 1. The Bertz CT molecular complexity index is 376. The van der Waals surface area contributed by atoms with Crippen molar-refractivity contribution in [3.05, 3.63) is 11.9 Å². The van der Waals surface area contributed by atoms with Crippen LogP contribution in [-0.4, -0.2) is 27.2 Å². The number of anilines is 2. The van der Waals surface area contributed by atoms with Crippen molar-refractivity contribution in [1.29, 1.82) is 0 Å². The van der Waals surface area contributed by atoms with Gasteiger partial charge in [-0.05, 0) is 32.6 Å². The zero-order chi connectivity index (χ0) is 12.3. The number of aryl methyl sites for hydroxylation is 1. The number of hydrazine groups is 1. The Labute approximate surface area is 101 Å². The SMILES string of the molecule is Cc1nc(NN)cc(NC2CCC(O)CC2)n1. The van der Waals surface area contributed by atoms with Crippen molar-refractivity contribution in [1.82, 2.24) is 9.97 Å². The monoisotopic (exact) mass is 237 g/mol. The van der Waals surface area contributed by atoms with Gasteiger partial charge in [-0.25, -0.2) is 15.8 Å². The molecule has 5 N–H and O–H groups in total. The summed E-state index contributed by atoms with van der Waals surface area (Å²) in [5.74, 6) is 7.41. The molecule has 6 nitrogen and oxygen atoms in total. The maximum Gasteiger partial charge on any atom is 0.145 e. The van der Waals surface area contributed by atoms with Crippen molar-refractivity contribution in [3.8, 4) is 0 Å². The molecule has 1 aromatic rings. The number of nitrogens with one attached hydrogen (secondary N) is 2. The second-order valence-corrected chi connectivity index (χ2v) is 4.48. The van der Waals surface area contributed by atoms with Crippen molar-refractivity contribution < 1.29 is 5.11 Å². The standard InChI is InChI=1S/C11H19N5O/c1-7-13-10(6-11(14-7)16-12)15-8-2-4-9(17)5-3-8/h6,8-9,17H,2-5,12H2,1H3,(H2,13,14,15,16). The van der Waals surface area contributed by atoms with Crippen LogP contribution in [-0.2, 0) is 0 Å². The van der Waals surface area contributed by atoms with Crippen molar-refractivity contribution in [2.45, 2.75) is 44.8 Å². The van der Waals surface area contributed by atoms with E-state index < -0.39 is 0 Å². The second-order valence-electron chi connectivity index (χ2n) is 4.48. The third kappa shape index (κ3) is 3.28. The van der Waals surface area contributed by atoms with Crippen LogP contribution in [0.5, 0.6) is 0 Å². The molecule has 1 heterocycles. The molecule has 1 saturated carbocycles. The minimum absolute atomic E-state index is 0.138. The maximum absolute atomic E-state index is 9.44. The Morgan fingerprint density at radius 2 is 1.88 bits per heavy atom. The van der Waals surface area contributed by atoms with Crippen LogP contribution >= 0.6 is 0 Å². The molecule has 1 fully saturated rings. The predicted octanol–water partition coefficient (Wildman–Crippen LogP) is 0.786. The fourth-order valence-corrected chi connectivity index (χ4v) is 2.14. The van der Waals surface area contributed by atoms with Crippen LogP contribution < -0.4 is 16.6 Å². The lowest BCUT2D eigenvalue weighted by Gasteiger charge is -2.26. The largest absolute Gasteiger partial charge is 0.393 e. The van der Waals surface area contributed by atoms with E-state index in [4.69, 9.17) is 5.84 Å². The molecular weight excluding hydrogens is 218 g/mol. The number of aliphatic hydroxyl groups excluding tert-OH is 1. The Hall–Kier alpha value is -1.40. The van der Waals surface area contributed by atoms with Crippen LogP contribution in [0.3, 0.4) is 0 Å². The van der Waals surface area contributed by atoms with Gasteiger partial charge in [-0.2, -0.15) is 0 Å². The first-order chi connectivity index (χ1) is 8.17. The fourth-order valence-electron chi connectivity index (χ4n) is 2.14. The molecule has 1 aliphatic carbocycles. The molecule has 1 aliphatic rings. The topological polar surface area (TPSA) is 96.1 Å². The van der Waals surface area contributed by atoms with Gasteiger partial charge >= 0.3 is 0 Å². The first-order valence-corrected chi connectivity index (χ1v) is 5.94. The Balaban J connectivity index is 2.00. The molecule has 0 saturated heterocycles. The van der Waals surface area contributed by atoms with Gasteiger partial charge in [-0.3, -0.25) is 0 Å². The number of nitrogens with two attached hydrogens (primary N) is 1. The Kier molecular flexibility index (Phi) is 3.75. The summed E-state index contributed by atoms with van der Waals surface area (Å²) in [5.41, 5.74) is 2.52. The van der Waals surface area contributed by atoms with Gasteiger partial charge in [0.25, 0.3) is 0 Å². The Morgan fingerprint density at radius 1 is 1.24 bits per heavy atom. The lowest BCUT2D eigenvalue weighted by atomic mass is 9.93. The molecule has 17 heavy (non-hydrogen) atoms. The molecule has 0 aromatic carbocycles. The van der Waals surface area contributed by atoms with Crippen LogP contribution in [0.2, 0.25) is 0 Å². The Morgan fingerprint density at radius 3 is 2.53 bits per heavy atom. The zero-order valence-electron chi connectivity index (χ0n) is 9.98. The third-order valence-electron chi connectivity index (χ3n) is 3.03. The van der Waals surface area contributed by atoms with Gasteiger partial charge in [0.1, 0.15) is 17.5 Å². The van der Waals surface area contributed by atoms with Gasteiger partial charge in [-0.1, -0.05) is 0 Å². The highest BCUT2D eigenvalue weighted by Crippen LogP contribution is 2.22. The van der Waals surface area contributed by atoms with Crippen LogP contribution in [0.25, 0.3) is 0 Å². The van der Waals surface area contributed by atoms with Crippen molar-refractivity contribution in [2.24, 2.45) is 5.84 Å². The molecule has 94 valence electrons. The van der Waals surface area contributed by atoms with Crippen LogP contribution in [0.1, 0.15) is 31.5 Å². The molecule has 6 heteroatoms. The van der Waals surface area contributed by atoms with E-state index in [-0.39, 0.29) is 6.10 Å². The summed E-state index contributed by atoms with van der Waals surface area (Å²) in [4.78, 5) is 8.44. The van der Waals surface area contributed by atoms with Crippen LogP contribution in [0.4, 0.5) is 11.6 Å². The van der Waals surface area contributed by atoms with E-state index >= 15 is 0 Å². The smallest absolute Gasteiger partial charge is 0.145 e. The van der Waals surface area contributed by atoms with E-state index in [1.807, 2.05) is 6.92 Å². The summed E-state index contributed by atoms with van der Waals surface area (Å²) < 4.78 is 0. The molecule has 0 radical (unpaired) electrons. The molecule has 1 aromatic heterocycles. The quantitative estimate of drug-likeness (QED) is 0.458. The number of aromatic nitrogens is 2. The molecule has 0 spiro atoms. The van der Waals surface area contributed by atoms with Gasteiger partial charge in [0.2, 0.25) is 0 Å². The molecule has 0 unspecified atom stereocenters. The molecule has 0 bridgehead atoms. The molecule has 0 aliphatic heterocycles. The predicted molar refractivity (Wildman–Crippen MR) is 66.5 cm³/mol. The normalized spacial score (nSPS) is 24.4. The summed E-state index contributed by atoms with van der Waals surface area (Å²) >= 11 is 0. The number of nitrogens with zero attached hydrogens (tertiary/aromatic N) is 2. The van der Waals surface area contributed by atoms with Gasteiger partial charge in [0.15, 0.2) is 0 Å². The van der Waals surface area contributed by atoms with Gasteiger partial charge in [0.05, 0.1) is 6.10 Å². The number of rotatable bonds is 3. The zero-order valence-corrected chi connectivity index (χ0v) is 9.98. The lowest BCUT2D eigenvalue weighted by molar-refractivity contribution is 0.126. The van der Waals surface area contributed by atoms with E-state index in [1.165, 1.54) is 0 Å². The average molecular weight is 237 g/mol. The summed E-state index contributed by atoms with van der Waals surface area (Å²) in [7, 11) is 0. The summed E-state index contributed by atoms with van der Waals surface area (Å²) in [6, 6.07) is 2.16. The highest BCUT2D eigenvalue weighted by atomic mass is 16.3. The van der Waals surface area contributed by atoms with E-state index in [0.717, 1.165) is 31.5 Å². The third-order valence-corrected chi connectivity index (χ3v) is 3.03. The first-order valence-electron chi connectivity index (χ1n) is 5.94. The summed E-state index contributed by atoms with van der Waals surface area (Å²) in [6.45, 7) is 1.83. The van der Waals surface area contributed by atoms with E-state index in [9.17, 15) is 5.11 Å². The highest BCUT2D eigenvalue weighted by molar-refractivity contribution is 5.47. The van der Waals surface area contributed by atoms with E-state index in [2.05, 4.69) is 20.7 Å². The van der Waals surface area contributed by atoms with Gasteiger partial charge in [-0.15, -0.1) is 0 Å². The molecule has 0 amide bonds. The number of hydrogen-bond donors (Lipinski definition) is 4. The van der Waals surface area contributed by atoms with Gasteiger partial charge < -0.3 is 15.8 Å². The second kappa shape index (κ2) is 5.29. The number of aliphatic hydroxyl groups is 1. The van der Waals surface area contributed by atoms with Crippen molar-refractivity contribution in [3.63, 3.8) is 0 Å². The van der Waals surface area contributed by atoms with E-state index in [1.54, 1.807) is 6.07 Å². The molecular formula is C11H19N5O. The van der Waals surface area contributed by atoms with Gasteiger partial charge in [0, 0.05) is 12.1 Å². The summed E-state index contributed by atoms with van der Waals surface area (Å²) in [5, 5.41) is 12.8. The fraction of sp³-hybridized carbons (Fsp3) is 0.636. The lowest BCUT2D eigenvalue weighted by Crippen LogP contribution is -2.28. The molecule has 0 atom stereocenters. The van der Waals surface area contributed by atoms with Crippen molar-refractivity contribution in [2.75, 3.05) is 10.7 Å². The van der Waals surface area contributed by atoms with E-state index in [0.29, 0.717) is 17.7 Å². The van der Waals surface area contributed by atoms with Crippen LogP contribution in [0.15, 0.2) is 6.07 Å². The maximum atomic E-state index is 9.44. The minimum atomic E-state index is -0.138. The van der Waals surface area contributed by atoms with Crippen molar-refractivity contribution >= 4 is 11.6 Å². The van der Waals surface area contributed by atoms with Crippen LogP contribution in [0, 0.1) is 6.92 Å².